The molecular formula is C49H78O6Si2. The first-order valence-corrected chi connectivity index (χ1v) is 27.1. The van der Waals surface area contributed by atoms with Gasteiger partial charge in [-0.05, 0) is 105 Å². The second-order valence-corrected chi connectivity index (χ2v) is 29.0. The number of hydrogen-bond acceptors (Lipinski definition) is 6. The minimum Gasteiger partial charge on any atom is -0.497 e. The van der Waals surface area contributed by atoms with Crippen LogP contribution >= 0.6 is 0 Å². The lowest BCUT2D eigenvalue weighted by Crippen LogP contribution is -2.47. The largest absolute Gasteiger partial charge is 0.497 e. The van der Waals surface area contributed by atoms with Crippen LogP contribution in [0, 0.1) is 18.3 Å². The zero-order valence-electron chi connectivity index (χ0n) is 38.0. The highest BCUT2D eigenvalue weighted by atomic mass is 28.4. The molecule has 0 saturated carbocycles. The summed E-state index contributed by atoms with van der Waals surface area (Å²) >= 11 is 0. The van der Waals surface area contributed by atoms with Crippen LogP contribution in [-0.4, -0.2) is 67.0 Å². The van der Waals surface area contributed by atoms with Crippen molar-refractivity contribution in [3.63, 3.8) is 0 Å². The van der Waals surface area contributed by atoms with Gasteiger partial charge in [-0.3, -0.25) is 0 Å². The van der Waals surface area contributed by atoms with E-state index in [9.17, 15) is 0 Å². The Morgan fingerprint density at radius 1 is 1.00 bits per heavy atom. The fourth-order valence-corrected chi connectivity index (χ4v) is 9.22. The van der Waals surface area contributed by atoms with Crippen LogP contribution in [0.5, 0.6) is 5.75 Å². The minimum absolute atomic E-state index is 0.0135. The molecule has 0 aromatic heterocycles. The minimum atomic E-state index is -2.20. The van der Waals surface area contributed by atoms with Crippen molar-refractivity contribution in [1.29, 1.82) is 0 Å². The molecule has 0 saturated heterocycles. The monoisotopic (exact) mass is 819 g/mol. The maximum Gasteiger partial charge on any atom is 0.193 e. The van der Waals surface area contributed by atoms with Gasteiger partial charge in [0.15, 0.2) is 16.6 Å². The predicted octanol–water partition coefficient (Wildman–Crippen LogP) is 12.7. The molecule has 0 spiro atoms. The lowest BCUT2D eigenvalue weighted by Gasteiger charge is -2.40. The van der Waals surface area contributed by atoms with Gasteiger partial charge in [-0.1, -0.05) is 121 Å². The molecule has 1 unspecified atom stereocenters. The summed E-state index contributed by atoms with van der Waals surface area (Å²) in [6, 6.07) is 8.11. The van der Waals surface area contributed by atoms with E-state index in [0.29, 0.717) is 32.0 Å². The SMILES string of the molecule is C#CC[C@@H]1C=CC[C@@H](C[C@@H](C)CC(=C)CC(C=CC[C@H](OCc2ccc(OC)cc2)[C@H](C=C[C@@H]2CC(C)=CCO2)O[Si](C)(C)C(C)(C)C)O[Si](C)(C)C(C)(C)C)O1. The van der Waals surface area contributed by atoms with Crippen LogP contribution < -0.4 is 4.74 Å². The van der Waals surface area contributed by atoms with E-state index in [1.807, 2.05) is 12.1 Å². The van der Waals surface area contributed by atoms with Gasteiger partial charge in [0.1, 0.15) is 5.75 Å². The third-order valence-electron chi connectivity index (χ3n) is 12.2. The number of benzene rings is 1. The molecule has 6 nitrogen and oxygen atoms in total. The van der Waals surface area contributed by atoms with E-state index in [4.69, 9.17) is 34.2 Å². The average Bonchev–Trinajstić information content (AvgIpc) is 3.10. The van der Waals surface area contributed by atoms with Crippen molar-refractivity contribution >= 4 is 16.6 Å². The highest BCUT2D eigenvalue weighted by Crippen LogP contribution is 2.40. The summed E-state index contributed by atoms with van der Waals surface area (Å²) in [6.45, 7) is 33.2. The fourth-order valence-electron chi connectivity index (χ4n) is 6.68. The van der Waals surface area contributed by atoms with Crippen molar-refractivity contribution in [3.8, 4) is 18.1 Å². The molecule has 1 aromatic rings. The maximum atomic E-state index is 7.22. The molecule has 0 N–H and O–H groups in total. The van der Waals surface area contributed by atoms with E-state index in [0.717, 1.165) is 43.4 Å². The van der Waals surface area contributed by atoms with Gasteiger partial charge in [0.05, 0.1) is 56.9 Å². The third-order valence-corrected chi connectivity index (χ3v) is 21.2. The van der Waals surface area contributed by atoms with Gasteiger partial charge in [0.2, 0.25) is 0 Å². The topological polar surface area (TPSA) is 55.4 Å². The molecule has 2 aliphatic heterocycles. The molecule has 0 amide bonds. The molecular weight excluding hydrogens is 741 g/mol. The number of terminal acetylenes is 1. The summed E-state index contributed by atoms with van der Waals surface area (Å²) in [7, 11) is -2.62. The van der Waals surface area contributed by atoms with Crippen LogP contribution in [0.25, 0.3) is 0 Å². The second-order valence-electron chi connectivity index (χ2n) is 19.5. The van der Waals surface area contributed by atoms with Crippen LogP contribution in [0.1, 0.15) is 106 Å². The van der Waals surface area contributed by atoms with Gasteiger partial charge in [-0.15, -0.1) is 12.3 Å². The third kappa shape index (κ3) is 16.6. The van der Waals surface area contributed by atoms with E-state index in [1.54, 1.807) is 7.11 Å². The molecule has 0 aliphatic carbocycles. The fraction of sp³-hybridized carbons (Fsp3) is 0.633. The second kappa shape index (κ2) is 22.2. The van der Waals surface area contributed by atoms with Crippen molar-refractivity contribution < 1.29 is 27.8 Å². The Labute approximate surface area is 350 Å². The zero-order valence-corrected chi connectivity index (χ0v) is 40.0. The lowest BCUT2D eigenvalue weighted by atomic mass is 9.91. The summed E-state index contributed by atoms with van der Waals surface area (Å²) in [6.07, 6.45) is 26.4. The van der Waals surface area contributed by atoms with Gasteiger partial charge in [-0.2, -0.15) is 0 Å². The van der Waals surface area contributed by atoms with Crippen LogP contribution in [0.4, 0.5) is 0 Å². The van der Waals surface area contributed by atoms with E-state index in [-0.39, 0.29) is 46.7 Å². The molecule has 0 fully saturated rings. The van der Waals surface area contributed by atoms with Gasteiger partial charge in [0.25, 0.3) is 0 Å². The normalized spacial score (nSPS) is 21.9. The van der Waals surface area contributed by atoms with Crippen LogP contribution in [0.15, 0.2) is 84.5 Å². The van der Waals surface area contributed by atoms with Crippen molar-refractivity contribution in [3.05, 3.63) is 90.1 Å². The van der Waals surface area contributed by atoms with Crippen LogP contribution in [0.3, 0.4) is 0 Å². The van der Waals surface area contributed by atoms with Gasteiger partial charge in [-0.25, -0.2) is 0 Å². The molecule has 57 heavy (non-hydrogen) atoms. The van der Waals surface area contributed by atoms with E-state index in [1.165, 1.54) is 11.1 Å². The van der Waals surface area contributed by atoms with E-state index in [2.05, 4.69) is 149 Å². The summed E-state index contributed by atoms with van der Waals surface area (Å²) in [5.74, 6) is 4.00. The van der Waals surface area contributed by atoms with Crippen molar-refractivity contribution in [2.45, 2.75) is 180 Å². The Bertz CT molecular complexity index is 1550. The molecule has 8 heteroatoms. The first kappa shape index (κ1) is 48.9. The highest BCUT2D eigenvalue weighted by molar-refractivity contribution is 6.74. The van der Waals surface area contributed by atoms with Gasteiger partial charge >= 0.3 is 0 Å². The Morgan fingerprint density at radius 2 is 1.67 bits per heavy atom. The first-order chi connectivity index (χ1) is 26.6. The molecule has 318 valence electrons. The molecule has 3 rings (SSSR count). The summed E-state index contributed by atoms with van der Waals surface area (Å²) in [5, 5.41) is 0.0963. The van der Waals surface area contributed by atoms with Crippen LogP contribution in [0.2, 0.25) is 36.3 Å². The quantitative estimate of drug-likeness (QED) is 0.0700. The predicted molar refractivity (Wildman–Crippen MR) is 245 cm³/mol. The molecule has 0 bridgehead atoms. The zero-order chi connectivity index (χ0) is 42.4. The van der Waals surface area contributed by atoms with Gasteiger partial charge < -0.3 is 27.8 Å². The Kier molecular flexibility index (Phi) is 19.0. The number of ether oxygens (including phenoxy) is 4. The number of methoxy groups -OCH3 is 1. The van der Waals surface area contributed by atoms with E-state index < -0.39 is 16.6 Å². The molecule has 2 heterocycles. The number of hydrogen-bond donors (Lipinski definition) is 0. The molecule has 2 aliphatic rings. The first-order valence-electron chi connectivity index (χ1n) is 21.3. The van der Waals surface area contributed by atoms with Crippen molar-refractivity contribution in [2.24, 2.45) is 5.92 Å². The molecule has 7 atom stereocenters. The Morgan fingerprint density at radius 3 is 2.28 bits per heavy atom. The molecule has 1 aromatic carbocycles. The number of rotatable bonds is 21. The smallest absolute Gasteiger partial charge is 0.193 e. The average molecular weight is 819 g/mol. The summed E-state index contributed by atoms with van der Waals surface area (Å²) in [5.41, 5.74) is 3.64. The van der Waals surface area contributed by atoms with E-state index >= 15 is 0 Å². The molecule has 0 radical (unpaired) electrons. The summed E-state index contributed by atoms with van der Waals surface area (Å²) < 4.78 is 39.1. The van der Waals surface area contributed by atoms with Crippen molar-refractivity contribution in [2.75, 3.05) is 13.7 Å². The standard InChI is InChI=1S/C49H78O6Si2/c1-16-19-42-20-17-21-44(53-42)34-38(3)32-39(4)35-45(54-56(12,13)48(5,6)7)22-18-23-46(52-36-40-24-26-41(50-11)27-25-40)47(55-57(14,15)49(8,9)10)29-28-43-33-37(2)30-31-51-43/h1,17-18,20,22,24-30,38,42-47H,4,19,21,23,31-36H2,2-3,5-15H3/t38-,42+,43+,44-,45?,46-,47-/m0/s1. The van der Waals surface area contributed by atoms with Gasteiger partial charge in [0, 0.05) is 6.42 Å². The highest BCUT2D eigenvalue weighted by Gasteiger charge is 2.41. The van der Waals surface area contributed by atoms with Crippen LogP contribution in [-0.2, 0) is 29.7 Å². The Balaban J connectivity index is 1.89. The maximum absolute atomic E-state index is 7.22. The Hall–Kier alpha value is -2.49. The summed E-state index contributed by atoms with van der Waals surface area (Å²) in [4.78, 5) is 0. The lowest BCUT2D eigenvalue weighted by molar-refractivity contribution is -0.0204. The van der Waals surface area contributed by atoms with Crippen molar-refractivity contribution in [1.82, 2.24) is 0 Å².